The lowest BCUT2D eigenvalue weighted by molar-refractivity contribution is -0.117. The molecule has 0 aliphatic carbocycles. The molecule has 3 rings (SSSR count). The number of fused-ring (bicyclic) bond motifs is 1. The van der Waals surface area contributed by atoms with Gasteiger partial charge in [0.05, 0.1) is 6.61 Å². The van der Waals surface area contributed by atoms with E-state index in [4.69, 9.17) is 4.74 Å². The Kier molecular flexibility index (Phi) is 5.67. The van der Waals surface area contributed by atoms with Crippen LogP contribution in [0.1, 0.15) is 39.3 Å². The van der Waals surface area contributed by atoms with Crippen molar-refractivity contribution in [2.75, 3.05) is 11.9 Å². The van der Waals surface area contributed by atoms with E-state index >= 15 is 0 Å². The van der Waals surface area contributed by atoms with E-state index in [-0.39, 0.29) is 12.5 Å². The summed E-state index contributed by atoms with van der Waals surface area (Å²) < 4.78 is 8.30. The van der Waals surface area contributed by atoms with Crippen LogP contribution in [0, 0.1) is 5.92 Å². The number of rotatable bonds is 7. The normalized spacial score (nSPS) is 11.4. The van der Waals surface area contributed by atoms with E-state index in [0.717, 1.165) is 4.68 Å². The minimum absolute atomic E-state index is 0.0369. The van der Waals surface area contributed by atoms with Crippen molar-refractivity contribution in [3.05, 3.63) is 40.6 Å². The maximum atomic E-state index is 12.4. The molecule has 0 atom stereocenters. The highest BCUT2D eigenvalue weighted by Gasteiger charge is 2.16. The molecule has 1 N–H and O–H groups in total. The first-order valence-electron chi connectivity index (χ1n) is 9.05. The summed E-state index contributed by atoms with van der Waals surface area (Å²) in [7, 11) is 0. The number of anilines is 1. The van der Waals surface area contributed by atoms with E-state index < -0.39 is 11.5 Å². The molecule has 0 radical (unpaired) electrons. The summed E-state index contributed by atoms with van der Waals surface area (Å²) in [5.74, 6) is 0.732. The molecule has 0 unspecified atom stereocenters. The average Bonchev–Trinajstić information content (AvgIpc) is 3.09. The molecule has 0 bridgehead atoms. The second-order valence-corrected chi connectivity index (χ2v) is 7.15. The summed E-state index contributed by atoms with van der Waals surface area (Å²) in [5.41, 5.74) is 0.798. The molecule has 0 saturated heterocycles. The second kappa shape index (κ2) is 8.15. The third-order valence-electron chi connectivity index (χ3n) is 3.83. The van der Waals surface area contributed by atoms with Crippen LogP contribution < -0.4 is 15.6 Å². The molecule has 10 nitrogen and oxygen atoms in total. The zero-order valence-electron chi connectivity index (χ0n) is 16.3. The zero-order valence-corrected chi connectivity index (χ0v) is 16.3. The van der Waals surface area contributed by atoms with Gasteiger partial charge in [0, 0.05) is 12.0 Å². The van der Waals surface area contributed by atoms with Crippen molar-refractivity contribution in [2.45, 2.75) is 40.2 Å². The van der Waals surface area contributed by atoms with E-state index in [1.165, 1.54) is 16.9 Å². The van der Waals surface area contributed by atoms with Crippen LogP contribution in [-0.2, 0) is 11.3 Å². The molecule has 3 aromatic rings. The van der Waals surface area contributed by atoms with Gasteiger partial charge in [0.1, 0.15) is 24.3 Å². The van der Waals surface area contributed by atoms with E-state index in [9.17, 15) is 9.59 Å². The fourth-order valence-electron chi connectivity index (χ4n) is 2.49. The van der Waals surface area contributed by atoms with Gasteiger partial charge in [-0.2, -0.15) is 9.61 Å². The Morgan fingerprint density at radius 2 is 2.00 bits per heavy atom. The first-order chi connectivity index (χ1) is 13.3. The Bertz CT molecular complexity index is 1040. The van der Waals surface area contributed by atoms with Gasteiger partial charge in [-0.1, -0.05) is 27.7 Å². The number of nitrogens with one attached hydrogen (secondary N) is 1. The Labute approximate surface area is 161 Å². The van der Waals surface area contributed by atoms with Gasteiger partial charge in [0.25, 0.3) is 5.56 Å². The van der Waals surface area contributed by atoms with Crippen LogP contribution >= 0.6 is 0 Å². The summed E-state index contributed by atoms with van der Waals surface area (Å²) in [6.07, 6.45) is 1.43. The van der Waals surface area contributed by atoms with E-state index in [1.54, 1.807) is 12.1 Å². The fourth-order valence-corrected chi connectivity index (χ4v) is 2.49. The zero-order chi connectivity index (χ0) is 20.3. The van der Waals surface area contributed by atoms with Crippen LogP contribution in [0.25, 0.3) is 5.65 Å². The Morgan fingerprint density at radius 1 is 1.21 bits per heavy atom. The Balaban J connectivity index is 1.77. The van der Waals surface area contributed by atoms with Crippen LogP contribution in [0.2, 0.25) is 0 Å². The number of carbonyl (C=O) groups is 1. The van der Waals surface area contributed by atoms with Gasteiger partial charge in [0.2, 0.25) is 5.91 Å². The van der Waals surface area contributed by atoms with E-state index in [2.05, 4.69) is 25.7 Å². The van der Waals surface area contributed by atoms with Crippen LogP contribution in [0.4, 0.5) is 5.82 Å². The Morgan fingerprint density at radius 3 is 2.71 bits per heavy atom. The molecule has 1 amide bonds. The first kappa shape index (κ1) is 19.5. The standard InChI is InChI=1S/C18H23N7O3/c1-11(2)9-28-13-7-17(27)24(23-18(13)12(3)4)8-16(26)20-14-5-6-15-21-19-10-25(15)22-14/h5-7,10-12H,8-9H2,1-4H3,(H,20,22,26). The molecule has 0 aliphatic rings. The highest BCUT2D eigenvalue weighted by atomic mass is 16.5. The van der Waals surface area contributed by atoms with Gasteiger partial charge >= 0.3 is 0 Å². The molecule has 0 saturated carbocycles. The summed E-state index contributed by atoms with van der Waals surface area (Å²) in [6.45, 7) is 8.22. The highest BCUT2D eigenvalue weighted by Crippen LogP contribution is 2.22. The quantitative estimate of drug-likeness (QED) is 0.655. The van der Waals surface area contributed by atoms with Crippen molar-refractivity contribution in [1.82, 2.24) is 29.6 Å². The number of carbonyl (C=O) groups excluding carboxylic acids is 1. The minimum atomic E-state index is -0.417. The molecule has 0 fully saturated rings. The van der Waals surface area contributed by atoms with Gasteiger partial charge in [-0.15, -0.1) is 15.3 Å². The van der Waals surface area contributed by atoms with Crippen molar-refractivity contribution in [2.24, 2.45) is 5.92 Å². The van der Waals surface area contributed by atoms with Crippen LogP contribution in [0.5, 0.6) is 5.75 Å². The molecule has 3 heterocycles. The number of nitrogens with zero attached hydrogens (tertiary/aromatic N) is 6. The maximum absolute atomic E-state index is 12.4. The molecule has 28 heavy (non-hydrogen) atoms. The molecule has 0 aromatic carbocycles. The molecule has 3 aromatic heterocycles. The lowest BCUT2D eigenvalue weighted by Crippen LogP contribution is -2.31. The molecular weight excluding hydrogens is 362 g/mol. The summed E-state index contributed by atoms with van der Waals surface area (Å²) in [6, 6.07) is 4.68. The predicted octanol–water partition coefficient (Wildman–Crippen LogP) is 1.48. The van der Waals surface area contributed by atoms with E-state index in [1.807, 2.05) is 27.7 Å². The lowest BCUT2D eigenvalue weighted by Gasteiger charge is -2.16. The molecule has 0 spiro atoms. The molecule has 148 valence electrons. The number of amides is 1. The SMILES string of the molecule is CC(C)COc1cc(=O)n(CC(=O)Nc2ccc3nncn3n2)nc1C(C)C. The smallest absolute Gasteiger partial charge is 0.270 e. The fraction of sp³-hybridized carbons (Fsp3) is 0.444. The van der Waals surface area contributed by atoms with Crippen molar-refractivity contribution >= 4 is 17.4 Å². The lowest BCUT2D eigenvalue weighted by atomic mass is 10.1. The van der Waals surface area contributed by atoms with Crippen molar-refractivity contribution in [3.8, 4) is 5.75 Å². The first-order valence-corrected chi connectivity index (χ1v) is 9.05. The highest BCUT2D eigenvalue weighted by molar-refractivity contribution is 5.89. The molecule has 0 aliphatic heterocycles. The van der Waals surface area contributed by atoms with Crippen molar-refractivity contribution < 1.29 is 9.53 Å². The summed E-state index contributed by atoms with van der Waals surface area (Å²) in [4.78, 5) is 24.8. The summed E-state index contributed by atoms with van der Waals surface area (Å²) in [5, 5.41) is 18.7. The van der Waals surface area contributed by atoms with Crippen molar-refractivity contribution in [3.63, 3.8) is 0 Å². The third kappa shape index (κ3) is 4.51. The van der Waals surface area contributed by atoms with Gasteiger partial charge < -0.3 is 10.1 Å². The number of ether oxygens (including phenoxy) is 1. The van der Waals surface area contributed by atoms with Crippen molar-refractivity contribution in [1.29, 1.82) is 0 Å². The Hall–Kier alpha value is -3.30. The van der Waals surface area contributed by atoms with Crippen LogP contribution in [-0.4, -0.2) is 42.1 Å². The number of aromatic nitrogens is 6. The molecular formula is C18H23N7O3. The molecule has 10 heteroatoms. The van der Waals surface area contributed by atoms with E-state index in [0.29, 0.717) is 35.4 Å². The second-order valence-electron chi connectivity index (χ2n) is 7.15. The minimum Gasteiger partial charge on any atom is -0.491 e. The van der Waals surface area contributed by atoms with Crippen LogP contribution in [0.15, 0.2) is 29.3 Å². The summed E-state index contributed by atoms with van der Waals surface area (Å²) >= 11 is 0. The third-order valence-corrected chi connectivity index (χ3v) is 3.83. The average molecular weight is 385 g/mol. The number of hydrogen-bond acceptors (Lipinski definition) is 7. The van der Waals surface area contributed by atoms with Gasteiger partial charge in [-0.25, -0.2) is 4.68 Å². The topological polar surface area (TPSA) is 116 Å². The monoisotopic (exact) mass is 385 g/mol. The van der Waals surface area contributed by atoms with Gasteiger partial charge in [0.15, 0.2) is 11.5 Å². The maximum Gasteiger partial charge on any atom is 0.270 e. The number of hydrogen-bond donors (Lipinski definition) is 1. The predicted molar refractivity (Wildman–Crippen MR) is 102 cm³/mol. The van der Waals surface area contributed by atoms with Gasteiger partial charge in [-0.3, -0.25) is 9.59 Å². The largest absolute Gasteiger partial charge is 0.491 e. The van der Waals surface area contributed by atoms with Gasteiger partial charge in [-0.05, 0) is 18.1 Å². The van der Waals surface area contributed by atoms with Crippen LogP contribution in [0.3, 0.4) is 0 Å².